The lowest BCUT2D eigenvalue weighted by atomic mass is 9.95. The number of hydrogen-bond donors (Lipinski definition) is 0. The molecule has 0 spiro atoms. The van der Waals surface area contributed by atoms with Gasteiger partial charge < -0.3 is 23.1 Å². The SMILES string of the molecule is COc1ccc(S(OC(=O)c2cc(Oc3c(F)c(F)c(F)c(F)c3F)c(Oc3c(F)c(F)c(F)c(F)c3F)c(Oc3c(F)c(F)c(F)c(F)c3F)c2-c2c(F)c(F)c(F)c(F)c2F)(c2ccccc2)c2ccccc2)cc1. The predicted octanol–water partition coefficient (Wildman–Crippen LogP) is 16.6. The molecule has 0 heterocycles. The normalized spacial score (nSPS) is 11.7. The van der Waals surface area contributed by atoms with Crippen molar-refractivity contribution in [1.29, 1.82) is 0 Å². The number of benzene rings is 8. The molecule has 0 radical (unpaired) electrons. The van der Waals surface area contributed by atoms with Crippen molar-refractivity contribution in [3.8, 4) is 51.4 Å². The highest BCUT2D eigenvalue weighted by atomic mass is 32.3. The first-order valence-corrected chi connectivity index (χ1v) is 22.1. The van der Waals surface area contributed by atoms with Crippen LogP contribution < -0.4 is 18.9 Å². The van der Waals surface area contributed by atoms with Crippen molar-refractivity contribution in [2.45, 2.75) is 14.7 Å². The maximum Gasteiger partial charge on any atom is 0.350 e. The van der Waals surface area contributed by atoms with Gasteiger partial charge in [0.05, 0.1) is 18.2 Å². The maximum absolute atomic E-state index is 16.5. The Morgan fingerprint density at radius 3 is 1.01 bits per heavy atom. The molecule has 0 N–H and O–H groups in total. The summed E-state index contributed by atoms with van der Waals surface area (Å²) in [5, 5.41) is 0. The Hall–Kier alpha value is -8.62. The second-order valence-corrected chi connectivity index (χ2v) is 17.8. The van der Waals surface area contributed by atoms with Crippen LogP contribution in [-0.4, -0.2) is 13.1 Å². The highest BCUT2D eigenvalue weighted by Gasteiger charge is 2.43. The molecule has 6 nitrogen and oxygen atoms in total. The number of halogens is 20. The highest BCUT2D eigenvalue weighted by molar-refractivity contribution is 8.30. The largest absolute Gasteiger partial charge is 0.497 e. The molecule has 0 atom stereocenters. The van der Waals surface area contributed by atoms with E-state index in [0.29, 0.717) is 0 Å². The van der Waals surface area contributed by atoms with Crippen LogP contribution in [0.3, 0.4) is 0 Å². The number of methoxy groups -OCH3 is 1. The fourth-order valence-electron chi connectivity index (χ4n) is 7.16. The maximum atomic E-state index is 16.5. The predicted molar refractivity (Wildman–Crippen MR) is 224 cm³/mol. The van der Waals surface area contributed by atoms with Crippen LogP contribution in [0.4, 0.5) is 87.8 Å². The number of carbonyl (C=O) groups is 1. The zero-order valence-electron chi connectivity index (χ0n) is 37.1. The van der Waals surface area contributed by atoms with Crippen LogP contribution in [0.5, 0.6) is 40.2 Å². The van der Waals surface area contributed by atoms with E-state index in [-0.39, 0.29) is 26.5 Å². The third kappa shape index (κ3) is 9.05. The average Bonchev–Trinajstić information content (AvgIpc) is 3.46. The summed E-state index contributed by atoms with van der Waals surface area (Å²) < 4.78 is 331. The summed E-state index contributed by atoms with van der Waals surface area (Å²) in [6.07, 6.45) is 0. The quantitative estimate of drug-likeness (QED) is 0.0651. The van der Waals surface area contributed by atoms with E-state index in [1.807, 2.05) is 0 Å². The Bertz CT molecular complexity index is 3560. The van der Waals surface area contributed by atoms with Crippen molar-refractivity contribution in [2.24, 2.45) is 0 Å². The molecule has 0 aliphatic rings. The molecule has 0 aliphatic heterocycles. The van der Waals surface area contributed by atoms with Crippen LogP contribution in [0.1, 0.15) is 10.4 Å². The van der Waals surface area contributed by atoms with Crippen LogP contribution >= 0.6 is 10.3 Å². The topological polar surface area (TPSA) is 63.2 Å². The van der Waals surface area contributed by atoms with Crippen LogP contribution in [0.25, 0.3) is 11.1 Å². The molecule has 0 fully saturated rings. The molecule has 0 saturated carbocycles. The van der Waals surface area contributed by atoms with E-state index in [4.69, 9.17) is 23.1 Å². The van der Waals surface area contributed by atoms with Crippen LogP contribution in [-0.2, 0) is 4.18 Å². The minimum Gasteiger partial charge on any atom is -0.497 e. The molecule has 8 aromatic rings. The van der Waals surface area contributed by atoms with Gasteiger partial charge in [0.1, 0.15) is 5.75 Å². The van der Waals surface area contributed by atoms with Gasteiger partial charge in [0.25, 0.3) is 0 Å². The van der Waals surface area contributed by atoms with E-state index >= 15 is 48.7 Å². The Morgan fingerprint density at radius 1 is 0.338 bits per heavy atom. The zero-order chi connectivity index (χ0) is 56.3. The first kappa shape index (κ1) is 54.6. The van der Waals surface area contributed by atoms with E-state index in [2.05, 4.69) is 0 Å². The molecule has 0 saturated heterocycles. The fraction of sp³-hybridized carbons (Fsp3) is 0.0200. The van der Waals surface area contributed by atoms with Crippen molar-refractivity contribution in [3.63, 3.8) is 0 Å². The van der Waals surface area contributed by atoms with Gasteiger partial charge in [0, 0.05) is 26.3 Å². The van der Waals surface area contributed by atoms with E-state index in [1.54, 1.807) is 0 Å². The average molecular weight is 1130 g/mol. The standard InChI is InChI=1S/C50H18F20O6S/c1-72-17-12-14-20(15-13-17)77(18-8-4-2-5-9-18,19-10-6-3-7-11-19)76-50(71)21-16-22(73-47-39(65)33(59)30(56)34(60)40(47)66)45(74-48-41(67)35(61)31(57)36(62)42(48)68)46(75-49-43(69)37(63)32(58)38(64)44(49)70)23(21)24-25(51)27(53)29(55)28(54)26(24)52/h2-16H,1H3. The zero-order valence-corrected chi connectivity index (χ0v) is 37.9. The number of ether oxygens (including phenoxy) is 4. The van der Waals surface area contributed by atoms with Crippen molar-refractivity contribution >= 4 is 16.3 Å². The van der Waals surface area contributed by atoms with Gasteiger partial charge >= 0.3 is 5.97 Å². The van der Waals surface area contributed by atoms with E-state index in [1.165, 1.54) is 92.0 Å². The number of rotatable bonds is 13. The van der Waals surface area contributed by atoms with Crippen molar-refractivity contribution in [2.75, 3.05) is 7.11 Å². The van der Waals surface area contributed by atoms with Crippen LogP contribution in [0.2, 0.25) is 0 Å². The van der Waals surface area contributed by atoms with E-state index < -0.39 is 184 Å². The van der Waals surface area contributed by atoms with Crippen LogP contribution in [0.15, 0.2) is 106 Å². The molecule has 0 bridgehead atoms. The van der Waals surface area contributed by atoms with E-state index in [9.17, 15) is 43.9 Å². The summed E-state index contributed by atoms with van der Waals surface area (Å²) in [5.41, 5.74) is -7.17. The Labute approximate surface area is 417 Å². The lowest BCUT2D eigenvalue weighted by Gasteiger charge is -2.40. The van der Waals surface area contributed by atoms with Crippen molar-refractivity contribution in [3.05, 3.63) is 213 Å². The summed E-state index contributed by atoms with van der Waals surface area (Å²) >= 11 is 0. The molecular weight excluding hydrogens is 1110 g/mol. The van der Waals surface area contributed by atoms with Gasteiger partial charge in [-0.25, -0.2) is 66.3 Å². The highest BCUT2D eigenvalue weighted by Crippen LogP contribution is 2.70. The first-order chi connectivity index (χ1) is 36.4. The molecule has 400 valence electrons. The number of carbonyl (C=O) groups excluding carboxylic acids is 1. The minimum absolute atomic E-state index is 0.0930. The summed E-state index contributed by atoms with van der Waals surface area (Å²) in [6.45, 7) is 0. The van der Waals surface area contributed by atoms with Gasteiger partial charge in [-0.15, -0.1) is 0 Å². The molecule has 77 heavy (non-hydrogen) atoms. The summed E-state index contributed by atoms with van der Waals surface area (Å²) in [5.74, 6) is -79.7. The van der Waals surface area contributed by atoms with Gasteiger partial charge in [0.2, 0.25) is 116 Å². The smallest absolute Gasteiger partial charge is 0.350 e. The van der Waals surface area contributed by atoms with Crippen molar-refractivity contribution < 1.29 is 116 Å². The van der Waals surface area contributed by atoms with E-state index in [0.717, 1.165) is 0 Å². The summed E-state index contributed by atoms with van der Waals surface area (Å²) in [6, 6.07) is 17.8. The fourth-order valence-corrected chi connectivity index (χ4v) is 10.2. The Balaban J connectivity index is 1.62. The molecule has 8 rings (SSSR count). The number of hydrogen-bond acceptors (Lipinski definition) is 6. The van der Waals surface area contributed by atoms with Gasteiger partial charge in [-0.05, 0) is 58.8 Å². The summed E-state index contributed by atoms with van der Waals surface area (Å²) in [4.78, 5) is 15.2. The van der Waals surface area contributed by atoms with Gasteiger partial charge in [0.15, 0.2) is 34.8 Å². The molecule has 0 aliphatic carbocycles. The van der Waals surface area contributed by atoms with Crippen molar-refractivity contribution in [1.82, 2.24) is 0 Å². The lowest BCUT2D eigenvalue weighted by Crippen LogP contribution is -2.17. The van der Waals surface area contributed by atoms with Gasteiger partial charge in [-0.1, -0.05) is 36.4 Å². The van der Waals surface area contributed by atoms with Gasteiger partial charge in [-0.2, -0.15) is 26.3 Å². The van der Waals surface area contributed by atoms with Crippen LogP contribution in [0, 0.1) is 116 Å². The molecule has 8 aromatic carbocycles. The summed E-state index contributed by atoms with van der Waals surface area (Å²) in [7, 11) is -2.78. The lowest BCUT2D eigenvalue weighted by molar-refractivity contribution is 0.0757. The molecule has 0 amide bonds. The molecule has 27 heteroatoms. The Kier molecular flexibility index (Phi) is 14.8. The molecule has 0 aromatic heterocycles. The Morgan fingerprint density at radius 2 is 0.649 bits per heavy atom. The van der Waals surface area contributed by atoms with Gasteiger partial charge in [-0.3, -0.25) is 0 Å². The minimum atomic E-state index is -3.99. The second kappa shape index (κ2) is 20.8. The first-order valence-electron chi connectivity index (χ1n) is 20.5. The third-order valence-corrected chi connectivity index (χ3v) is 14.0. The molecular formula is C50H18F20O6S. The monoisotopic (exact) mass is 1130 g/mol. The third-order valence-electron chi connectivity index (χ3n) is 10.8. The molecule has 0 unspecified atom stereocenters. The second-order valence-electron chi connectivity index (χ2n) is 15.1.